The molecule has 1 nitrogen and oxygen atoms in total. The molecule has 0 aromatic heterocycles. The van der Waals surface area contributed by atoms with Gasteiger partial charge in [0, 0.05) is 0 Å². The van der Waals surface area contributed by atoms with E-state index in [9.17, 15) is 0 Å². The average molecular weight is 342 g/mol. The molecule has 0 spiro atoms. The lowest BCUT2D eigenvalue weighted by Gasteiger charge is -2.31. The second-order valence-corrected chi connectivity index (χ2v) is 12.8. The van der Waals surface area contributed by atoms with Crippen molar-refractivity contribution >= 4 is 8.07 Å². The van der Waals surface area contributed by atoms with Crippen molar-refractivity contribution in [2.45, 2.75) is 128 Å². The predicted molar refractivity (Wildman–Crippen MR) is 111 cm³/mol. The smallest absolute Gasteiger partial charge is 0.0535 e. The maximum atomic E-state index is 5.53. The van der Waals surface area contributed by atoms with Gasteiger partial charge in [0.15, 0.2) is 0 Å². The molecule has 0 unspecified atom stereocenters. The van der Waals surface area contributed by atoms with E-state index in [0.717, 1.165) is 6.54 Å². The lowest BCUT2D eigenvalue weighted by atomic mass is 10.1. The van der Waals surface area contributed by atoms with Gasteiger partial charge in [-0.2, -0.15) is 0 Å². The summed E-state index contributed by atoms with van der Waals surface area (Å²) >= 11 is 0. The molecular weight excluding hydrogens is 294 g/mol. The van der Waals surface area contributed by atoms with Gasteiger partial charge in [0.05, 0.1) is 8.07 Å². The van der Waals surface area contributed by atoms with Crippen molar-refractivity contribution in [2.24, 2.45) is 5.73 Å². The van der Waals surface area contributed by atoms with Crippen LogP contribution in [0.1, 0.15) is 104 Å². The second-order valence-electron chi connectivity index (χ2n) is 7.82. The second kappa shape index (κ2) is 17.0. The summed E-state index contributed by atoms with van der Waals surface area (Å²) < 4.78 is 0. The first kappa shape index (κ1) is 23.2. The molecule has 0 aromatic carbocycles. The van der Waals surface area contributed by atoms with Gasteiger partial charge in [-0.25, -0.2) is 0 Å². The van der Waals surface area contributed by atoms with Crippen molar-refractivity contribution < 1.29 is 0 Å². The normalized spacial score (nSPS) is 12.0. The first-order valence-corrected chi connectivity index (χ1v) is 13.8. The zero-order valence-corrected chi connectivity index (χ0v) is 17.8. The molecule has 140 valence electrons. The Kier molecular flexibility index (Phi) is 17.1. The summed E-state index contributed by atoms with van der Waals surface area (Å²) in [6.07, 6.45) is 18.6. The third-order valence-electron chi connectivity index (χ3n) is 5.50. The highest BCUT2D eigenvalue weighted by molar-refractivity contribution is 6.79. The molecule has 0 aliphatic carbocycles. The minimum absolute atomic E-state index is 0.874. The van der Waals surface area contributed by atoms with Gasteiger partial charge in [0.1, 0.15) is 0 Å². The van der Waals surface area contributed by atoms with Crippen LogP contribution in [0.15, 0.2) is 0 Å². The van der Waals surface area contributed by atoms with Crippen LogP contribution in [0.3, 0.4) is 0 Å². The maximum Gasteiger partial charge on any atom is 0.0535 e. The van der Waals surface area contributed by atoms with Crippen LogP contribution in [0.25, 0.3) is 0 Å². The number of unbranched alkanes of at least 4 members (excludes halogenated alkanes) is 9. The van der Waals surface area contributed by atoms with Gasteiger partial charge in [-0.15, -0.1) is 0 Å². The number of rotatable bonds is 18. The molecule has 0 aliphatic rings. The summed E-state index contributed by atoms with van der Waals surface area (Å²) in [5, 5.41) is 0. The summed E-state index contributed by atoms with van der Waals surface area (Å²) in [5.41, 5.74) is 5.53. The van der Waals surface area contributed by atoms with Gasteiger partial charge in [0.2, 0.25) is 0 Å². The van der Waals surface area contributed by atoms with Crippen molar-refractivity contribution in [3.8, 4) is 0 Å². The van der Waals surface area contributed by atoms with Crippen LogP contribution in [0.2, 0.25) is 24.2 Å². The van der Waals surface area contributed by atoms with Crippen molar-refractivity contribution in [3.63, 3.8) is 0 Å². The number of hydrogen-bond donors (Lipinski definition) is 1. The molecule has 0 rings (SSSR count). The SMILES string of the molecule is CCC[Si](CCC)(CCC)CCCCCCCCCCCCN. The molecule has 0 atom stereocenters. The fraction of sp³-hybridized carbons (Fsp3) is 1.00. The number of hydrogen-bond acceptors (Lipinski definition) is 1. The number of nitrogens with two attached hydrogens (primary N) is 1. The topological polar surface area (TPSA) is 26.0 Å². The Bertz CT molecular complexity index is 213. The van der Waals surface area contributed by atoms with Crippen LogP contribution in [-0.4, -0.2) is 14.6 Å². The first-order valence-electron chi connectivity index (χ1n) is 10.9. The van der Waals surface area contributed by atoms with Crippen molar-refractivity contribution in [2.75, 3.05) is 6.54 Å². The minimum Gasteiger partial charge on any atom is -0.330 e. The zero-order valence-electron chi connectivity index (χ0n) is 16.8. The van der Waals surface area contributed by atoms with Crippen molar-refractivity contribution in [3.05, 3.63) is 0 Å². The first-order chi connectivity index (χ1) is 11.2. The van der Waals surface area contributed by atoms with E-state index in [4.69, 9.17) is 5.73 Å². The summed E-state index contributed by atoms with van der Waals surface area (Å²) in [4.78, 5) is 0. The molecule has 0 aromatic rings. The molecule has 0 heterocycles. The van der Waals surface area contributed by atoms with E-state index in [1.54, 1.807) is 24.2 Å². The van der Waals surface area contributed by atoms with Crippen LogP contribution < -0.4 is 5.73 Å². The molecular formula is C21H47NSi. The molecule has 0 amide bonds. The van der Waals surface area contributed by atoms with Crippen molar-refractivity contribution in [1.82, 2.24) is 0 Å². The van der Waals surface area contributed by atoms with E-state index >= 15 is 0 Å². The fourth-order valence-electron chi connectivity index (χ4n) is 4.40. The highest BCUT2D eigenvalue weighted by Gasteiger charge is 2.28. The van der Waals surface area contributed by atoms with Crippen LogP contribution >= 0.6 is 0 Å². The van der Waals surface area contributed by atoms with Gasteiger partial charge >= 0.3 is 0 Å². The Morgan fingerprint density at radius 3 is 1.17 bits per heavy atom. The van der Waals surface area contributed by atoms with Gasteiger partial charge in [0.25, 0.3) is 0 Å². The Morgan fingerprint density at radius 1 is 0.478 bits per heavy atom. The Balaban J connectivity index is 3.65. The Labute approximate surface area is 149 Å². The molecule has 0 saturated carbocycles. The predicted octanol–water partition coefficient (Wildman–Crippen LogP) is 7.52. The Morgan fingerprint density at radius 2 is 0.826 bits per heavy atom. The van der Waals surface area contributed by atoms with E-state index in [-0.39, 0.29) is 0 Å². The molecule has 0 saturated heterocycles. The molecule has 2 heteroatoms. The minimum atomic E-state index is -0.900. The quantitative estimate of drug-likeness (QED) is 0.202. The molecule has 0 fully saturated rings. The largest absolute Gasteiger partial charge is 0.330 e. The van der Waals surface area contributed by atoms with Gasteiger partial charge in [-0.3, -0.25) is 0 Å². The zero-order chi connectivity index (χ0) is 17.2. The van der Waals surface area contributed by atoms with Crippen LogP contribution in [0, 0.1) is 0 Å². The van der Waals surface area contributed by atoms with Gasteiger partial charge in [-0.1, -0.05) is 122 Å². The van der Waals surface area contributed by atoms with E-state index < -0.39 is 8.07 Å². The van der Waals surface area contributed by atoms with E-state index in [0.29, 0.717) is 0 Å². The van der Waals surface area contributed by atoms with Crippen LogP contribution in [0.4, 0.5) is 0 Å². The molecule has 0 radical (unpaired) electrons. The molecule has 2 N–H and O–H groups in total. The summed E-state index contributed by atoms with van der Waals surface area (Å²) in [6, 6.07) is 6.41. The molecule has 0 bridgehead atoms. The van der Waals surface area contributed by atoms with E-state index in [1.165, 1.54) is 83.5 Å². The van der Waals surface area contributed by atoms with E-state index in [1.807, 2.05) is 0 Å². The standard InChI is InChI=1S/C21H47NSi/c1-4-18-23(19-5-2,20-6-3)21-16-14-12-10-8-7-9-11-13-15-17-22/h4-22H2,1-3H3. The molecule has 23 heavy (non-hydrogen) atoms. The van der Waals surface area contributed by atoms with Crippen LogP contribution in [0.5, 0.6) is 0 Å². The van der Waals surface area contributed by atoms with Gasteiger partial charge in [-0.05, 0) is 13.0 Å². The monoisotopic (exact) mass is 341 g/mol. The fourth-order valence-corrected chi connectivity index (χ4v) is 10.1. The van der Waals surface area contributed by atoms with Gasteiger partial charge < -0.3 is 5.73 Å². The summed E-state index contributed by atoms with van der Waals surface area (Å²) in [7, 11) is -0.900. The average Bonchev–Trinajstić information content (AvgIpc) is 2.53. The lowest BCUT2D eigenvalue weighted by Crippen LogP contribution is -2.33. The third kappa shape index (κ3) is 13.2. The maximum absolute atomic E-state index is 5.53. The third-order valence-corrected chi connectivity index (χ3v) is 11.6. The summed E-state index contributed by atoms with van der Waals surface area (Å²) in [6.45, 7) is 8.08. The summed E-state index contributed by atoms with van der Waals surface area (Å²) in [5.74, 6) is 0. The van der Waals surface area contributed by atoms with Crippen LogP contribution in [-0.2, 0) is 0 Å². The lowest BCUT2D eigenvalue weighted by molar-refractivity contribution is 0.557. The van der Waals surface area contributed by atoms with Crippen molar-refractivity contribution in [1.29, 1.82) is 0 Å². The van der Waals surface area contributed by atoms with E-state index in [2.05, 4.69) is 20.8 Å². The molecule has 0 aliphatic heterocycles. The Hall–Kier alpha value is 0.177. The highest BCUT2D eigenvalue weighted by Crippen LogP contribution is 2.32. The highest BCUT2D eigenvalue weighted by atomic mass is 28.3.